The summed E-state index contributed by atoms with van der Waals surface area (Å²) in [5.41, 5.74) is 3.97. The molecule has 0 bridgehead atoms. The molecular weight excluding hydrogens is 266 g/mol. The van der Waals surface area contributed by atoms with Crippen molar-refractivity contribution >= 4 is 11.6 Å². The average molecular weight is 283 g/mol. The minimum Gasteiger partial charge on any atom is -0.346 e. The van der Waals surface area contributed by atoms with Gasteiger partial charge in [-0.2, -0.15) is 0 Å². The van der Waals surface area contributed by atoms with Crippen molar-refractivity contribution in [1.82, 2.24) is 0 Å². The highest BCUT2D eigenvalue weighted by molar-refractivity contribution is 5.89. The van der Waals surface area contributed by atoms with Gasteiger partial charge in [-0.05, 0) is 23.3 Å². The fraction of sp³-hybridized carbons (Fsp3) is 0.235. The van der Waals surface area contributed by atoms with E-state index in [9.17, 15) is 4.79 Å². The number of carbonyl (C=O) groups excluding carboxylic acids is 1. The molecule has 0 atom stereocenters. The number of anilines is 1. The molecule has 0 unspecified atom stereocenters. The molecule has 4 heteroatoms. The Labute approximate surface area is 123 Å². The van der Waals surface area contributed by atoms with E-state index in [2.05, 4.69) is 5.32 Å². The van der Waals surface area contributed by atoms with E-state index >= 15 is 0 Å². The smallest absolute Gasteiger partial charge is 0.221 e. The predicted molar refractivity (Wildman–Crippen MR) is 80.8 cm³/mol. The van der Waals surface area contributed by atoms with Gasteiger partial charge in [0.2, 0.25) is 5.91 Å². The van der Waals surface area contributed by atoms with Gasteiger partial charge in [0.05, 0.1) is 13.2 Å². The van der Waals surface area contributed by atoms with Crippen LogP contribution in [-0.4, -0.2) is 19.1 Å². The SMILES string of the molecule is CC(=O)Nc1ccc(-c2ccccc2C2OCCO2)cc1. The van der Waals surface area contributed by atoms with E-state index in [0.717, 1.165) is 22.4 Å². The zero-order valence-electron chi connectivity index (χ0n) is 11.8. The largest absolute Gasteiger partial charge is 0.346 e. The van der Waals surface area contributed by atoms with Crippen molar-refractivity contribution in [3.05, 3.63) is 54.1 Å². The van der Waals surface area contributed by atoms with Crippen LogP contribution in [0.4, 0.5) is 5.69 Å². The highest BCUT2D eigenvalue weighted by Crippen LogP contribution is 2.33. The molecule has 2 aromatic rings. The van der Waals surface area contributed by atoms with Crippen molar-refractivity contribution in [3.63, 3.8) is 0 Å². The number of nitrogens with one attached hydrogen (secondary N) is 1. The van der Waals surface area contributed by atoms with Gasteiger partial charge >= 0.3 is 0 Å². The summed E-state index contributed by atoms with van der Waals surface area (Å²) in [6.07, 6.45) is -0.295. The second-order valence-electron chi connectivity index (χ2n) is 4.92. The van der Waals surface area contributed by atoms with Gasteiger partial charge in [0.25, 0.3) is 0 Å². The lowest BCUT2D eigenvalue weighted by molar-refractivity contribution is -0.114. The molecule has 0 aromatic heterocycles. The number of hydrogen-bond donors (Lipinski definition) is 1. The van der Waals surface area contributed by atoms with Crippen LogP contribution in [0.25, 0.3) is 11.1 Å². The van der Waals surface area contributed by atoms with Crippen LogP contribution in [0.5, 0.6) is 0 Å². The first-order valence-corrected chi connectivity index (χ1v) is 6.94. The third kappa shape index (κ3) is 3.12. The number of ether oxygens (including phenoxy) is 2. The molecule has 1 saturated heterocycles. The molecule has 21 heavy (non-hydrogen) atoms. The van der Waals surface area contributed by atoms with E-state index in [0.29, 0.717) is 13.2 Å². The van der Waals surface area contributed by atoms with Gasteiger partial charge in [0.15, 0.2) is 6.29 Å². The van der Waals surface area contributed by atoms with Crippen LogP contribution in [0.3, 0.4) is 0 Å². The van der Waals surface area contributed by atoms with Gasteiger partial charge in [-0.3, -0.25) is 4.79 Å². The second kappa shape index (κ2) is 6.08. The molecule has 1 fully saturated rings. The molecule has 1 heterocycles. The van der Waals surface area contributed by atoms with E-state index in [1.165, 1.54) is 6.92 Å². The highest BCUT2D eigenvalue weighted by atomic mass is 16.7. The molecule has 4 nitrogen and oxygen atoms in total. The van der Waals surface area contributed by atoms with Gasteiger partial charge in [0.1, 0.15) is 0 Å². The number of benzene rings is 2. The Morgan fingerprint density at radius 2 is 1.71 bits per heavy atom. The lowest BCUT2D eigenvalue weighted by Crippen LogP contribution is -2.05. The fourth-order valence-electron chi connectivity index (χ4n) is 2.44. The quantitative estimate of drug-likeness (QED) is 0.939. The molecule has 0 saturated carbocycles. The molecule has 1 aliphatic rings. The van der Waals surface area contributed by atoms with E-state index in [-0.39, 0.29) is 12.2 Å². The van der Waals surface area contributed by atoms with Crippen molar-refractivity contribution in [1.29, 1.82) is 0 Å². The summed E-state index contributed by atoms with van der Waals surface area (Å²) in [4.78, 5) is 11.1. The summed E-state index contributed by atoms with van der Waals surface area (Å²) in [6.45, 7) is 2.75. The van der Waals surface area contributed by atoms with Gasteiger partial charge in [-0.1, -0.05) is 36.4 Å². The van der Waals surface area contributed by atoms with Gasteiger partial charge in [0, 0.05) is 18.2 Å². The number of carbonyl (C=O) groups is 1. The molecule has 1 aliphatic heterocycles. The van der Waals surface area contributed by atoms with Crippen LogP contribution < -0.4 is 5.32 Å². The third-order valence-electron chi connectivity index (χ3n) is 3.35. The minimum absolute atomic E-state index is 0.0732. The fourth-order valence-corrected chi connectivity index (χ4v) is 2.44. The highest BCUT2D eigenvalue weighted by Gasteiger charge is 2.21. The van der Waals surface area contributed by atoms with Crippen molar-refractivity contribution in [3.8, 4) is 11.1 Å². The van der Waals surface area contributed by atoms with Gasteiger partial charge in [-0.25, -0.2) is 0 Å². The van der Waals surface area contributed by atoms with Crippen LogP contribution >= 0.6 is 0 Å². The Morgan fingerprint density at radius 3 is 2.38 bits per heavy atom. The molecule has 3 rings (SSSR count). The molecule has 2 aromatic carbocycles. The Kier molecular flexibility index (Phi) is 3.99. The maximum absolute atomic E-state index is 11.1. The number of rotatable bonds is 3. The summed E-state index contributed by atoms with van der Waals surface area (Å²) in [7, 11) is 0. The average Bonchev–Trinajstić information content (AvgIpc) is 3.02. The van der Waals surface area contributed by atoms with Crippen LogP contribution in [0.15, 0.2) is 48.5 Å². The van der Waals surface area contributed by atoms with E-state index in [4.69, 9.17) is 9.47 Å². The van der Waals surface area contributed by atoms with E-state index in [1.807, 2.05) is 48.5 Å². The molecule has 0 aliphatic carbocycles. The Bertz CT molecular complexity index is 631. The number of amides is 1. The van der Waals surface area contributed by atoms with Gasteiger partial charge < -0.3 is 14.8 Å². The van der Waals surface area contributed by atoms with E-state index in [1.54, 1.807) is 0 Å². The maximum Gasteiger partial charge on any atom is 0.221 e. The Balaban J connectivity index is 1.91. The normalized spacial score (nSPS) is 15.1. The summed E-state index contributed by atoms with van der Waals surface area (Å²) in [5, 5.41) is 2.76. The molecule has 0 radical (unpaired) electrons. The van der Waals surface area contributed by atoms with Crippen molar-refractivity contribution in [2.75, 3.05) is 18.5 Å². The Hall–Kier alpha value is -2.17. The lowest BCUT2D eigenvalue weighted by atomic mass is 9.99. The van der Waals surface area contributed by atoms with Crippen LogP contribution in [0.1, 0.15) is 18.8 Å². The minimum atomic E-state index is -0.295. The second-order valence-corrected chi connectivity index (χ2v) is 4.92. The third-order valence-corrected chi connectivity index (χ3v) is 3.35. The zero-order valence-corrected chi connectivity index (χ0v) is 11.8. The summed E-state index contributed by atoms with van der Waals surface area (Å²) < 4.78 is 11.2. The zero-order chi connectivity index (χ0) is 14.7. The number of hydrogen-bond acceptors (Lipinski definition) is 3. The first-order valence-electron chi connectivity index (χ1n) is 6.94. The van der Waals surface area contributed by atoms with Crippen molar-refractivity contribution < 1.29 is 14.3 Å². The van der Waals surface area contributed by atoms with Crippen molar-refractivity contribution in [2.24, 2.45) is 0 Å². The predicted octanol–water partition coefficient (Wildman–Crippen LogP) is 3.36. The molecule has 0 spiro atoms. The molecule has 1 amide bonds. The topological polar surface area (TPSA) is 47.6 Å². The maximum atomic E-state index is 11.1. The first-order chi connectivity index (χ1) is 10.2. The summed E-state index contributed by atoms with van der Waals surface area (Å²) in [6, 6.07) is 15.8. The first kappa shape index (κ1) is 13.8. The van der Waals surface area contributed by atoms with Crippen molar-refractivity contribution in [2.45, 2.75) is 13.2 Å². The molecular formula is C17H17NO3. The van der Waals surface area contributed by atoms with Crippen LogP contribution in [0, 0.1) is 0 Å². The molecule has 108 valence electrons. The van der Waals surface area contributed by atoms with E-state index < -0.39 is 0 Å². The van der Waals surface area contributed by atoms with Crippen LogP contribution in [-0.2, 0) is 14.3 Å². The standard InChI is InChI=1S/C17H17NO3/c1-12(19)18-14-8-6-13(7-9-14)15-4-2-3-5-16(15)17-20-10-11-21-17/h2-9,17H,10-11H2,1H3,(H,18,19). The van der Waals surface area contributed by atoms with Gasteiger partial charge in [-0.15, -0.1) is 0 Å². The molecule has 1 N–H and O–H groups in total. The van der Waals surface area contributed by atoms with Crippen LogP contribution in [0.2, 0.25) is 0 Å². The lowest BCUT2D eigenvalue weighted by Gasteiger charge is -2.15. The summed E-state index contributed by atoms with van der Waals surface area (Å²) in [5.74, 6) is -0.0732. The monoisotopic (exact) mass is 283 g/mol. The Morgan fingerprint density at radius 1 is 1.05 bits per heavy atom. The summed E-state index contributed by atoms with van der Waals surface area (Å²) >= 11 is 0.